The Kier molecular flexibility index (Phi) is 2.67. The van der Waals surface area contributed by atoms with Crippen molar-refractivity contribution in [3.63, 3.8) is 0 Å². The lowest BCUT2D eigenvalue weighted by Gasteiger charge is -2.26. The Morgan fingerprint density at radius 2 is 2.23 bits per heavy atom. The van der Waals surface area contributed by atoms with Crippen LogP contribution in [0, 0.1) is 0 Å². The molecule has 1 aromatic rings. The maximum Gasteiger partial charge on any atom is 0.0728 e. The minimum Gasteiger partial charge on any atom is -0.252 e. The third kappa shape index (κ3) is 1.77. The van der Waals surface area contributed by atoms with Crippen molar-refractivity contribution in [1.29, 1.82) is 0 Å². The predicted octanol–water partition coefficient (Wildman–Crippen LogP) is 2.24. The summed E-state index contributed by atoms with van der Waals surface area (Å²) in [6, 6.07) is 0. The highest BCUT2D eigenvalue weighted by molar-refractivity contribution is 9.09. The molecule has 13 heavy (non-hydrogen) atoms. The average molecular weight is 244 g/mol. The number of hydrogen-bond acceptors (Lipinski definition) is 2. The SMILES string of the molecule is Cn1nncc1C1CCCCC1Br. The van der Waals surface area contributed by atoms with Crippen LogP contribution in [0.15, 0.2) is 6.20 Å². The van der Waals surface area contributed by atoms with Gasteiger partial charge in [-0.2, -0.15) is 0 Å². The lowest BCUT2D eigenvalue weighted by Crippen LogP contribution is -2.19. The molecule has 2 rings (SSSR count). The second-order valence-electron chi connectivity index (χ2n) is 3.69. The van der Waals surface area contributed by atoms with E-state index in [1.165, 1.54) is 31.4 Å². The monoisotopic (exact) mass is 243 g/mol. The highest BCUT2D eigenvalue weighted by atomic mass is 79.9. The Morgan fingerprint density at radius 3 is 2.85 bits per heavy atom. The van der Waals surface area contributed by atoms with E-state index in [9.17, 15) is 0 Å². The Hall–Kier alpha value is -0.380. The normalized spacial score (nSPS) is 29.1. The third-order valence-corrected chi connectivity index (χ3v) is 3.91. The molecular formula is C9H14BrN3. The fourth-order valence-electron chi connectivity index (χ4n) is 2.05. The Morgan fingerprint density at radius 1 is 1.46 bits per heavy atom. The number of nitrogens with zero attached hydrogens (tertiary/aromatic N) is 3. The number of rotatable bonds is 1. The first-order valence-corrected chi connectivity index (χ1v) is 5.69. The van der Waals surface area contributed by atoms with Gasteiger partial charge < -0.3 is 0 Å². The molecule has 0 radical (unpaired) electrons. The van der Waals surface area contributed by atoms with Crippen molar-refractivity contribution in [2.75, 3.05) is 0 Å². The molecule has 0 N–H and O–H groups in total. The molecule has 3 nitrogen and oxygen atoms in total. The molecule has 1 aliphatic rings. The van der Waals surface area contributed by atoms with E-state index >= 15 is 0 Å². The van der Waals surface area contributed by atoms with Gasteiger partial charge in [0.2, 0.25) is 0 Å². The van der Waals surface area contributed by atoms with Crippen LogP contribution in [0.4, 0.5) is 0 Å². The minimum absolute atomic E-state index is 0.605. The van der Waals surface area contributed by atoms with Gasteiger partial charge in [0.25, 0.3) is 0 Å². The van der Waals surface area contributed by atoms with Crippen molar-refractivity contribution >= 4 is 15.9 Å². The largest absolute Gasteiger partial charge is 0.252 e. The molecule has 2 atom stereocenters. The van der Waals surface area contributed by atoms with E-state index in [1.54, 1.807) is 0 Å². The van der Waals surface area contributed by atoms with Gasteiger partial charge in [-0.1, -0.05) is 34.0 Å². The summed E-state index contributed by atoms with van der Waals surface area (Å²) in [4.78, 5) is 0.610. The number of alkyl halides is 1. The summed E-state index contributed by atoms with van der Waals surface area (Å²) in [5, 5.41) is 7.90. The van der Waals surface area contributed by atoms with Crippen LogP contribution in [0.5, 0.6) is 0 Å². The fraction of sp³-hybridized carbons (Fsp3) is 0.778. The quantitative estimate of drug-likeness (QED) is 0.709. The van der Waals surface area contributed by atoms with Crippen LogP contribution >= 0.6 is 15.9 Å². The summed E-state index contributed by atoms with van der Waals surface area (Å²) in [6.45, 7) is 0. The van der Waals surface area contributed by atoms with Crippen LogP contribution in [0.25, 0.3) is 0 Å². The smallest absolute Gasteiger partial charge is 0.0728 e. The van der Waals surface area contributed by atoms with Crippen LogP contribution in [0.3, 0.4) is 0 Å². The molecule has 0 aromatic carbocycles. The van der Waals surface area contributed by atoms with Crippen molar-refractivity contribution in [3.8, 4) is 0 Å². The van der Waals surface area contributed by atoms with Gasteiger partial charge in [-0.3, -0.25) is 4.68 Å². The van der Waals surface area contributed by atoms with E-state index in [2.05, 4.69) is 26.2 Å². The van der Waals surface area contributed by atoms with Gasteiger partial charge >= 0.3 is 0 Å². The van der Waals surface area contributed by atoms with Crippen LogP contribution in [0.2, 0.25) is 0 Å². The maximum absolute atomic E-state index is 3.97. The van der Waals surface area contributed by atoms with E-state index in [0.717, 1.165) is 0 Å². The minimum atomic E-state index is 0.605. The van der Waals surface area contributed by atoms with E-state index < -0.39 is 0 Å². The summed E-state index contributed by atoms with van der Waals surface area (Å²) in [7, 11) is 1.97. The van der Waals surface area contributed by atoms with Crippen molar-refractivity contribution in [2.45, 2.75) is 36.4 Å². The van der Waals surface area contributed by atoms with Crippen LogP contribution in [-0.2, 0) is 7.05 Å². The zero-order chi connectivity index (χ0) is 9.26. The van der Waals surface area contributed by atoms with Crippen LogP contribution in [-0.4, -0.2) is 19.8 Å². The second-order valence-corrected chi connectivity index (χ2v) is 4.87. The molecule has 1 saturated carbocycles. The summed E-state index contributed by atoms with van der Waals surface area (Å²) in [5.74, 6) is 0.605. The second kappa shape index (κ2) is 3.78. The van der Waals surface area contributed by atoms with Gasteiger partial charge in [0.15, 0.2) is 0 Å². The third-order valence-electron chi connectivity index (χ3n) is 2.81. The first-order chi connectivity index (χ1) is 6.29. The molecule has 0 aliphatic heterocycles. The number of aromatic nitrogens is 3. The average Bonchev–Trinajstić information content (AvgIpc) is 2.52. The first-order valence-electron chi connectivity index (χ1n) is 4.77. The topological polar surface area (TPSA) is 30.7 Å². The van der Waals surface area contributed by atoms with Crippen LogP contribution in [0.1, 0.15) is 37.3 Å². The molecule has 0 saturated heterocycles. The maximum atomic E-state index is 3.97. The Balaban J connectivity index is 2.19. The van der Waals surface area contributed by atoms with Crippen molar-refractivity contribution < 1.29 is 0 Å². The Bertz CT molecular complexity index is 284. The number of halogens is 1. The molecule has 0 bridgehead atoms. The zero-order valence-corrected chi connectivity index (χ0v) is 9.37. The summed E-state index contributed by atoms with van der Waals surface area (Å²) >= 11 is 3.74. The van der Waals surface area contributed by atoms with Crippen LogP contribution < -0.4 is 0 Å². The summed E-state index contributed by atoms with van der Waals surface area (Å²) in [5.41, 5.74) is 1.27. The van der Waals surface area contributed by atoms with Crippen molar-refractivity contribution in [2.24, 2.45) is 7.05 Å². The molecule has 1 aromatic heterocycles. The summed E-state index contributed by atoms with van der Waals surface area (Å²) < 4.78 is 1.89. The molecular weight excluding hydrogens is 230 g/mol. The van der Waals surface area contributed by atoms with Gasteiger partial charge in [-0.25, -0.2) is 0 Å². The fourth-order valence-corrected chi connectivity index (χ4v) is 2.91. The van der Waals surface area contributed by atoms with Gasteiger partial charge in [0.1, 0.15) is 0 Å². The lowest BCUT2D eigenvalue weighted by atomic mass is 9.87. The van der Waals surface area contributed by atoms with Gasteiger partial charge in [-0.15, -0.1) is 5.10 Å². The molecule has 2 unspecified atom stereocenters. The van der Waals surface area contributed by atoms with E-state index in [4.69, 9.17) is 0 Å². The molecule has 0 amide bonds. The highest BCUT2D eigenvalue weighted by Crippen LogP contribution is 2.36. The first kappa shape index (κ1) is 9.19. The predicted molar refractivity (Wildman–Crippen MR) is 54.9 cm³/mol. The molecule has 0 spiro atoms. The number of hydrogen-bond donors (Lipinski definition) is 0. The van der Waals surface area contributed by atoms with Gasteiger partial charge in [-0.05, 0) is 12.8 Å². The lowest BCUT2D eigenvalue weighted by molar-refractivity contribution is 0.440. The molecule has 1 aliphatic carbocycles. The molecule has 1 fully saturated rings. The van der Waals surface area contributed by atoms with E-state index in [1.807, 2.05) is 17.9 Å². The Labute approximate surface area is 86.6 Å². The summed E-state index contributed by atoms with van der Waals surface area (Å²) in [6.07, 6.45) is 7.10. The highest BCUT2D eigenvalue weighted by Gasteiger charge is 2.26. The number of aryl methyl sites for hydroxylation is 1. The van der Waals surface area contributed by atoms with Crippen molar-refractivity contribution in [3.05, 3.63) is 11.9 Å². The molecule has 1 heterocycles. The van der Waals surface area contributed by atoms with E-state index in [0.29, 0.717) is 10.7 Å². The van der Waals surface area contributed by atoms with Crippen molar-refractivity contribution in [1.82, 2.24) is 15.0 Å². The molecule has 4 heteroatoms. The van der Waals surface area contributed by atoms with Gasteiger partial charge in [0, 0.05) is 17.8 Å². The zero-order valence-electron chi connectivity index (χ0n) is 7.78. The van der Waals surface area contributed by atoms with E-state index in [-0.39, 0.29) is 0 Å². The molecule has 72 valence electrons. The van der Waals surface area contributed by atoms with Gasteiger partial charge in [0.05, 0.1) is 11.9 Å². The standard InChI is InChI=1S/C9H14BrN3/c1-13-9(6-11-12-13)7-4-2-3-5-8(7)10/h6-8H,2-5H2,1H3.